The van der Waals surface area contributed by atoms with Gasteiger partial charge in [0, 0.05) is 12.8 Å². The Bertz CT molecular complexity index is 332. The van der Waals surface area contributed by atoms with Gasteiger partial charge >= 0.3 is 5.97 Å². The highest BCUT2D eigenvalue weighted by Gasteiger charge is 2.55. The number of carbonyl (C=O) groups is 2. The van der Waals surface area contributed by atoms with Crippen molar-refractivity contribution in [1.29, 1.82) is 0 Å². The predicted octanol–water partition coefficient (Wildman–Crippen LogP) is 2.19. The van der Waals surface area contributed by atoms with Gasteiger partial charge in [0.05, 0.1) is 5.92 Å². The summed E-state index contributed by atoms with van der Waals surface area (Å²) in [7, 11) is 0. The number of esters is 1. The molecule has 0 aromatic carbocycles. The summed E-state index contributed by atoms with van der Waals surface area (Å²) in [5.41, 5.74) is 0.203. The van der Waals surface area contributed by atoms with Crippen LogP contribution in [-0.4, -0.2) is 17.9 Å². The van der Waals surface area contributed by atoms with Gasteiger partial charge in [0.2, 0.25) is 0 Å². The molecule has 0 radical (unpaired) electrons. The van der Waals surface area contributed by atoms with E-state index in [9.17, 15) is 9.59 Å². The third kappa shape index (κ3) is 1.66. The predicted molar refractivity (Wildman–Crippen MR) is 59.7 cm³/mol. The van der Waals surface area contributed by atoms with Crippen LogP contribution in [0.2, 0.25) is 0 Å². The average molecular weight is 224 g/mol. The minimum Gasteiger partial charge on any atom is -0.462 e. The maximum atomic E-state index is 12.1. The molecule has 4 atom stereocenters. The second-order valence-electron chi connectivity index (χ2n) is 5.98. The molecule has 0 saturated heterocycles. The van der Waals surface area contributed by atoms with Crippen LogP contribution in [0.1, 0.15) is 40.5 Å². The largest absolute Gasteiger partial charge is 0.462 e. The van der Waals surface area contributed by atoms with Crippen LogP contribution in [0.3, 0.4) is 0 Å². The summed E-state index contributed by atoms with van der Waals surface area (Å²) >= 11 is 0. The Morgan fingerprint density at radius 3 is 2.62 bits per heavy atom. The molecule has 0 N–H and O–H groups in total. The first-order chi connectivity index (χ1) is 7.33. The van der Waals surface area contributed by atoms with Crippen molar-refractivity contribution < 1.29 is 14.3 Å². The van der Waals surface area contributed by atoms with Gasteiger partial charge in [0.25, 0.3) is 0 Å². The Hall–Kier alpha value is -0.860. The van der Waals surface area contributed by atoms with E-state index in [1.807, 2.05) is 6.92 Å². The number of hydrogen-bond acceptors (Lipinski definition) is 3. The van der Waals surface area contributed by atoms with Gasteiger partial charge in [-0.3, -0.25) is 9.59 Å². The summed E-state index contributed by atoms with van der Waals surface area (Å²) in [5.74, 6) is 0.437. The smallest absolute Gasteiger partial charge is 0.302 e. The Balaban J connectivity index is 2.22. The van der Waals surface area contributed by atoms with Gasteiger partial charge in [0.1, 0.15) is 11.9 Å². The highest BCUT2D eigenvalue weighted by Crippen LogP contribution is 2.53. The van der Waals surface area contributed by atoms with Crippen LogP contribution in [0, 0.1) is 23.2 Å². The van der Waals surface area contributed by atoms with Gasteiger partial charge in [-0.05, 0) is 24.2 Å². The zero-order chi connectivity index (χ0) is 12.1. The maximum absolute atomic E-state index is 12.1. The van der Waals surface area contributed by atoms with Crippen molar-refractivity contribution in [2.45, 2.75) is 46.6 Å². The zero-order valence-electron chi connectivity index (χ0n) is 10.4. The molecule has 3 fully saturated rings. The molecular weight excluding hydrogens is 204 g/mol. The topological polar surface area (TPSA) is 43.4 Å². The van der Waals surface area contributed by atoms with Crippen LogP contribution in [0.5, 0.6) is 0 Å². The lowest BCUT2D eigenvalue weighted by Gasteiger charge is -2.53. The van der Waals surface area contributed by atoms with Crippen molar-refractivity contribution in [3.63, 3.8) is 0 Å². The number of hydrogen-bond donors (Lipinski definition) is 0. The molecule has 4 unspecified atom stereocenters. The van der Waals surface area contributed by atoms with E-state index in [0.29, 0.717) is 11.7 Å². The Morgan fingerprint density at radius 2 is 2.06 bits per heavy atom. The molecule has 0 aliphatic heterocycles. The van der Waals surface area contributed by atoms with Gasteiger partial charge in [-0.1, -0.05) is 20.8 Å². The first-order valence-electron chi connectivity index (χ1n) is 6.04. The summed E-state index contributed by atoms with van der Waals surface area (Å²) in [6, 6.07) is 0. The van der Waals surface area contributed by atoms with Crippen LogP contribution in [0.15, 0.2) is 0 Å². The van der Waals surface area contributed by atoms with Crippen molar-refractivity contribution in [2.75, 3.05) is 0 Å². The molecule has 3 nitrogen and oxygen atoms in total. The summed E-state index contributed by atoms with van der Waals surface area (Å²) in [6.45, 7) is 7.88. The summed E-state index contributed by atoms with van der Waals surface area (Å²) in [6.07, 6.45) is 1.54. The number of fused-ring (bicyclic) bond motifs is 3. The molecule has 3 aliphatic rings. The number of carbonyl (C=O) groups excluding carboxylic acids is 2. The average Bonchev–Trinajstić information content (AvgIpc) is 2.14. The van der Waals surface area contributed by atoms with E-state index >= 15 is 0 Å². The molecule has 3 heteroatoms. The van der Waals surface area contributed by atoms with Crippen LogP contribution in [-0.2, 0) is 14.3 Å². The van der Waals surface area contributed by atoms with Crippen molar-refractivity contribution in [3.05, 3.63) is 0 Å². The van der Waals surface area contributed by atoms with Gasteiger partial charge in [-0.15, -0.1) is 0 Å². The molecule has 3 aliphatic carbocycles. The summed E-state index contributed by atoms with van der Waals surface area (Å²) in [5, 5.41) is 0. The van der Waals surface area contributed by atoms with E-state index < -0.39 is 0 Å². The summed E-state index contributed by atoms with van der Waals surface area (Å²) in [4.78, 5) is 23.1. The summed E-state index contributed by atoms with van der Waals surface area (Å²) < 4.78 is 5.28. The number of ketones is 1. The fourth-order valence-electron chi connectivity index (χ4n) is 3.63. The van der Waals surface area contributed by atoms with E-state index in [1.54, 1.807) is 0 Å². The third-order valence-electron chi connectivity index (χ3n) is 4.42. The van der Waals surface area contributed by atoms with Crippen LogP contribution < -0.4 is 0 Å². The molecule has 0 amide bonds. The standard InChI is InChI=1S/C13H20O3/c1-7-10-5-11(16-8(2)14)9(12(7)15)6-13(10,3)4/h7,9-11H,5-6H2,1-4H3. The van der Waals surface area contributed by atoms with E-state index in [4.69, 9.17) is 4.74 Å². The minimum absolute atomic E-state index is 0.0705. The van der Waals surface area contributed by atoms with Crippen molar-refractivity contribution in [1.82, 2.24) is 0 Å². The second-order valence-corrected chi connectivity index (χ2v) is 5.98. The van der Waals surface area contributed by atoms with Gasteiger partial charge in [-0.2, -0.15) is 0 Å². The Morgan fingerprint density at radius 1 is 1.44 bits per heavy atom. The molecule has 0 heterocycles. The molecule has 0 aromatic heterocycles. The quantitative estimate of drug-likeness (QED) is 0.641. The van der Waals surface area contributed by atoms with E-state index in [2.05, 4.69) is 13.8 Å². The zero-order valence-corrected chi connectivity index (χ0v) is 10.4. The molecular formula is C13H20O3. The van der Waals surface area contributed by atoms with E-state index in [-0.39, 0.29) is 29.3 Å². The molecule has 16 heavy (non-hydrogen) atoms. The molecule has 3 saturated carbocycles. The molecule has 0 aromatic rings. The lowest BCUT2D eigenvalue weighted by atomic mass is 9.52. The van der Waals surface area contributed by atoms with E-state index in [0.717, 1.165) is 12.8 Å². The lowest BCUT2D eigenvalue weighted by Crippen LogP contribution is -2.55. The molecule has 90 valence electrons. The second kappa shape index (κ2) is 3.57. The fourth-order valence-corrected chi connectivity index (χ4v) is 3.63. The van der Waals surface area contributed by atoms with Crippen molar-refractivity contribution in [2.24, 2.45) is 23.2 Å². The first kappa shape index (κ1) is 11.6. The van der Waals surface area contributed by atoms with Gasteiger partial charge in [0.15, 0.2) is 0 Å². The molecule has 3 rings (SSSR count). The SMILES string of the molecule is CC(=O)OC1CC2C(C)C(=O)C1CC2(C)C. The lowest BCUT2D eigenvalue weighted by molar-refractivity contribution is -0.172. The monoisotopic (exact) mass is 224 g/mol. The highest BCUT2D eigenvalue weighted by molar-refractivity contribution is 5.86. The van der Waals surface area contributed by atoms with Crippen LogP contribution in [0.25, 0.3) is 0 Å². The molecule has 2 bridgehead atoms. The Kier molecular flexibility index (Phi) is 2.59. The van der Waals surface area contributed by atoms with Crippen molar-refractivity contribution >= 4 is 11.8 Å². The normalized spacial score (nSPS) is 40.9. The van der Waals surface area contributed by atoms with Crippen LogP contribution in [0.4, 0.5) is 0 Å². The van der Waals surface area contributed by atoms with Crippen LogP contribution >= 0.6 is 0 Å². The maximum Gasteiger partial charge on any atom is 0.302 e. The van der Waals surface area contributed by atoms with Gasteiger partial charge in [-0.25, -0.2) is 0 Å². The number of Topliss-reactive ketones (excluding diaryl/α,β-unsaturated/α-hetero) is 1. The first-order valence-corrected chi connectivity index (χ1v) is 6.04. The minimum atomic E-state index is -0.268. The number of ether oxygens (including phenoxy) is 1. The Labute approximate surface area is 96.5 Å². The molecule has 0 spiro atoms. The van der Waals surface area contributed by atoms with Crippen molar-refractivity contribution in [3.8, 4) is 0 Å². The highest BCUT2D eigenvalue weighted by atomic mass is 16.5. The van der Waals surface area contributed by atoms with Gasteiger partial charge < -0.3 is 4.74 Å². The fraction of sp³-hybridized carbons (Fsp3) is 0.846. The van der Waals surface area contributed by atoms with E-state index in [1.165, 1.54) is 6.92 Å². The third-order valence-corrected chi connectivity index (χ3v) is 4.42. The number of rotatable bonds is 1.